The topological polar surface area (TPSA) is 39.2 Å². The number of nitrogens with zero attached hydrogens (tertiary/aromatic N) is 1. The second-order valence-corrected chi connectivity index (χ2v) is 6.40. The Labute approximate surface area is 113 Å². The highest BCUT2D eigenvalue weighted by atomic mass is 32.1. The number of aromatic nitrogens is 1. The number of ketones is 1. The molecule has 0 atom stereocenters. The molecule has 18 heavy (non-hydrogen) atoms. The first kappa shape index (κ1) is 13.7. The van der Waals surface area contributed by atoms with Gasteiger partial charge in [0.15, 0.2) is 5.78 Å². The van der Waals surface area contributed by atoms with E-state index in [9.17, 15) is 4.79 Å². The lowest BCUT2D eigenvalue weighted by Gasteiger charge is -2.36. The normalized spacial score (nSPS) is 28.3. The molecule has 1 aromatic rings. The second-order valence-electron chi connectivity index (χ2n) is 5.34. The highest BCUT2D eigenvalue weighted by Gasteiger charge is 2.40. The lowest BCUT2D eigenvalue weighted by Crippen LogP contribution is -2.44. The maximum Gasteiger partial charge on any atom is 0.170 e. The molecule has 4 heteroatoms. The maximum atomic E-state index is 12.5. The van der Waals surface area contributed by atoms with Gasteiger partial charge in [0.25, 0.3) is 0 Å². The van der Waals surface area contributed by atoms with Crippen LogP contribution in [0.4, 0.5) is 0 Å². The molecule has 0 aliphatic heterocycles. The maximum absolute atomic E-state index is 12.5. The summed E-state index contributed by atoms with van der Waals surface area (Å²) >= 11 is 1.60. The van der Waals surface area contributed by atoms with E-state index in [4.69, 9.17) is 4.74 Å². The molecule has 0 aromatic carbocycles. The van der Waals surface area contributed by atoms with Gasteiger partial charge in [0.1, 0.15) is 5.60 Å². The molecule has 1 aliphatic carbocycles. The molecule has 0 spiro atoms. The zero-order valence-electron chi connectivity index (χ0n) is 11.4. The van der Waals surface area contributed by atoms with Crippen LogP contribution in [0.1, 0.15) is 43.3 Å². The Hall–Kier alpha value is -0.740. The zero-order valence-corrected chi connectivity index (χ0v) is 12.2. The SMILES string of the molecule is COC1(C(=O)Cc2csc(C)n2)CCC(C)CC1. The van der Waals surface area contributed by atoms with Crippen LogP contribution < -0.4 is 0 Å². The lowest BCUT2D eigenvalue weighted by molar-refractivity contribution is -0.145. The van der Waals surface area contributed by atoms with E-state index in [1.165, 1.54) is 0 Å². The summed E-state index contributed by atoms with van der Waals surface area (Å²) in [5.41, 5.74) is 0.335. The molecule has 1 aromatic heterocycles. The van der Waals surface area contributed by atoms with E-state index in [2.05, 4.69) is 11.9 Å². The van der Waals surface area contributed by atoms with E-state index in [1.54, 1.807) is 18.4 Å². The van der Waals surface area contributed by atoms with Crippen molar-refractivity contribution in [1.82, 2.24) is 4.98 Å². The van der Waals surface area contributed by atoms with E-state index >= 15 is 0 Å². The van der Waals surface area contributed by atoms with Gasteiger partial charge in [-0.3, -0.25) is 4.79 Å². The summed E-state index contributed by atoms with van der Waals surface area (Å²) in [5, 5.41) is 2.99. The van der Waals surface area contributed by atoms with Crippen LogP contribution in [-0.4, -0.2) is 23.5 Å². The van der Waals surface area contributed by atoms with Crippen LogP contribution in [0.3, 0.4) is 0 Å². The third-order valence-corrected chi connectivity index (χ3v) is 4.81. The number of hydrogen-bond acceptors (Lipinski definition) is 4. The monoisotopic (exact) mass is 267 g/mol. The van der Waals surface area contributed by atoms with Crippen molar-refractivity contribution in [2.24, 2.45) is 5.92 Å². The molecule has 0 radical (unpaired) electrons. The predicted octanol–water partition coefficient (Wildman–Crippen LogP) is 3.16. The Balaban J connectivity index is 2.06. The first-order valence-electron chi connectivity index (χ1n) is 6.55. The van der Waals surface area contributed by atoms with Gasteiger partial charge in [0.2, 0.25) is 0 Å². The third kappa shape index (κ3) is 2.81. The fourth-order valence-electron chi connectivity index (χ4n) is 2.64. The number of methoxy groups -OCH3 is 1. The number of hydrogen-bond donors (Lipinski definition) is 0. The number of ether oxygens (including phenoxy) is 1. The van der Waals surface area contributed by atoms with Gasteiger partial charge < -0.3 is 4.74 Å². The zero-order chi connectivity index (χ0) is 13.2. The van der Waals surface area contributed by atoms with Gasteiger partial charge in [-0.2, -0.15) is 0 Å². The standard InChI is InChI=1S/C14H21NO2S/c1-10-4-6-14(17-3,7-5-10)13(16)8-12-9-18-11(2)15-12/h9-10H,4-8H2,1-3H3. The molecule has 0 N–H and O–H groups in total. The van der Waals surface area contributed by atoms with E-state index in [0.29, 0.717) is 12.3 Å². The van der Waals surface area contributed by atoms with Crippen molar-refractivity contribution in [3.8, 4) is 0 Å². The molecule has 0 bridgehead atoms. The van der Waals surface area contributed by atoms with Crippen molar-refractivity contribution in [2.45, 2.75) is 51.6 Å². The molecule has 1 aliphatic rings. The molecule has 0 amide bonds. The summed E-state index contributed by atoms with van der Waals surface area (Å²) in [6.07, 6.45) is 4.27. The average molecular weight is 267 g/mol. The molecule has 1 heterocycles. The minimum Gasteiger partial charge on any atom is -0.370 e. The number of carbonyl (C=O) groups excluding carboxylic acids is 1. The van der Waals surface area contributed by atoms with Gasteiger partial charge in [0, 0.05) is 12.5 Å². The van der Waals surface area contributed by atoms with Crippen molar-refractivity contribution in [2.75, 3.05) is 7.11 Å². The van der Waals surface area contributed by atoms with E-state index in [0.717, 1.165) is 36.4 Å². The second kappa shape index (κ2) is 5.49. The number of Topliss-reactive ketones (excluding diaryl/α,β-unsaturated/α-hetero) is 1. The number of rotatable bonds is 4. The van der Waals surface area contributed by atoms with Crippen LogP contribution in [0.5, 0.6) is 0 Å². The summed E-state index contributed by atoms with van der Waals surface area (Å²) in [5.74, 6) is 0.907. The lowest BCUT2D eigenvalue weighted by atomic mass is 9.76. The molecule has 100 valence electrons. The number of carbonyl (C=O) groups is 1. The summed E-state index contributed by atoms with van der Waals surface area (Å²) in [6, 6.07) is 0. The highest BCUT2D eigenvalue weighted by Crippen LogP contribution is 2.35. The quantitative estimate of drug-likeness (QED) is 0.841. The van der Waals surface area contributed by atoms with Gasteiger partial charge >= 0.3 is 0 Å². The number of aryl methyl sites for hydroxylation is 1. The Bertz CT molecular complexity index is 419. The number of thiazole rings is 1. The molecule has 0 saturated heterocycles. The van der Waals surface area contributed by atoms with Gasteiger partial charge in [-0.15, -0.1) is 11.3 Å². The van der Waals surface area contributed by atoms with E-state index in [1.807, 2.05) is 12.3 Å². The third-order valence-electron chi connectivity index (χ3n) is 3.99. The minimum absolute atomic E-state index is 0.196. The van der Waals surface area contributed by atoms with Gasteiger partial charge in [0.05, 0.1) is 17.1 Å². The molecular formula is C14H21NO2S. The molecule has 1 fully saturated rings. The Morgan fingerprint density at radius 1 is 1.56 bits per heavy atom. The van der Waals surface area contributed by atoms with Crippen LogP contribution in [-0.2, 0) is 16.0 Å². The summed E-state index contributed by atoms with van der Waals surface area (Å²) < 4.78 is 5.59. The predicted molar refractivity (Wildman–Crippen MR) is 72.9 cm³/mol. The minimum atomic E-state index is -0.552. The summed E-state index contributed by atoms with van der Waals surface area (Å²) in [7, 11) is 1.67. The van der Waals surface area contributed by atoms with Crippen molar-refractivity contribution in [3.05, 3.63) is 16.1 Å². The Morgan fingerprint density at radius 3 is 2.72 bits per heavy atom. The molecule has 2 rings (SSSR count). The summed E-state index contributed by atoms with van der Waals surface area (Å²) in [6.45, 7) is 4.21. The molecular weight excluding hydrogens is 246 g/mol. The molecule has 0 unspecified atom stereocenters. The van der Waals surface area contributed by atoms with Crippen LogP contribution in [0.2, 0.25) is 0 Å². The fourth-order valence-corrected chi connectivity index (χ4v) is 3.25. The van der Waals surface area contributed by atoms with Gasteiger partial charge in [-0.1, -0.05) is 6.92 Å². The highest BCUT2D eigenvalue weighted by molar-refractivity contribution is 7.09. The average Bonchev–Trinajstić information content (AvgIpc) is 2.76. The Kier molecular flexibility index (Phi) is 4.17. The van der Waals surface area contributed by atoms with Gasteiger partial charge in [-0.25, -0.2) is 4.98 Å². The fraction of sp³-hybridized carbons (Fsp3) is 0.714. The first-order valence-corrected chi connectivity index (χ1v) is 7.43. The van der Waals surface area contributed by atoms with Crippen molar-refractivity contribution < 1.29 is 9.53 Å². The summed E-state index contributed by atoms with van der Waals surface area (Å²) in [4.78, 5) is 16.8. The Morgan fingerprint density at radius 2 is 2.22 bits per heavy atom. The van der Waals surface area contributed by atoms with Gasteiger partial charge in [-0.05, 0) is 38.5 Å². The smallest absolute Gasteiger partial charge is 0.170 e. The van der Waals surface area contributed by atoms with Crippen molar-refractivity contribution >= 4 is 17.1 Å². The van der Waals surface area contributed by atoms with Crippen LogP contribution in [0.25, 0.3) is 0 Å². The molecule has 3 nitrogen and oxygen atoms in total. The first-order chi connectivity index (χ1) is 8.55. The van der Waals surface area contributed by atoms with Crippen molar-refractivity contribution in [3.63, 3.8) is 0 Å². The van der Waals surface area contributed by atoms with E-state index in [-0.39, 0.29) is 5.78 Å². The van der Waals surface area contributed by atoms with Crippen molar-refractivity contribution in [1.29, 1.82) is 0 Å². The van der Waals surface area contributed by atoms with Crippen LogP contribution in [0.15, 0.2) is 5.38 Å². The molecule has 1 saturated carbocycles. The largest absolute Gasteiger partial charge is 0.370 e. The van der Waals surface area contributed by atoms with E-state index < -0.39 is 5.60 Å². The van der Waals surface area contributed by atoms with Crippen LogP contribution in [0, 0.1) is 12.8 Å². The van der Waals surface area contributed by atoms with Crippen LogP contribution >= 0.6 is 11.3 Å².